The van der Waals surface area contributed by atoms with Crippen LogP contribution in [0, 0.1) is 0 Å². The third kappa shape index (κ3) is 5.91. The summed E-state index contributed by atoms with van der Waals surface area (Å²) in [5, 5.41) is 7.15. The molecule has 0 bridgehead atoms. The van der Waals surface area contributed by atoms with Crippen molar-refractivity contribution in [1.82, 2.24) is 0 Å². The zero-order valence-electron chi connectivity index (χ0n) is 31.7. The molecule has 10 aromatic carbocycles. The molecular formula is C56H37NO. The third-order valence-corrected chi connectivity index (χ3v) is 11.5. The minimum Gasteiger partial charge on any atom is -0.455 e. The molecule has 0 amide bonds. The van der Waals surface area contributed by atoms with E-state index in [9.17, 15) is 0 Å². The summed E-state index contributed by atoms with van der Waals surface area (Å²) >= 11 is 0. The fourth-order valence-corrected chi connectivity index (χ4v) is 8.58. The molecular weight excluding hydrogens is 703 g/mol. The maximum atomic E-state index is 6.50. The summed E-state index contributed by atoms with van der Waals surface area (Å²) in [4.78, 5) is 2.40. The van der Waals surface area contributed by atoms with Crippen molar-refractivity contribution in [3.63, 3.8) is 0 Å². The smallest absolute Gasteiger partial charge is 0.143 e. The Bertz CT molecular complexity index is 3250. The molecule has 0 radical (unpaired) electrons. The number of nitrogens with zero attached hydrogens (tertiary/aromatic N) is 1. The first-order valence-corrected chi connectivity index (χ1v) is 19.8. The summed E-state index contributed by atoms with van der Waals surface area (Å²) in [6.07, 6.45) is 0. The van der Waals surface area contributed by atoms with Gasteiger partial charge < -0.3 is 9.32 Å². The Labute approximate surface area is 337 Å². The Morgan fingerprint density at radius 2 is 0.793 bits per heavy atom. The summed E-state index contributed by atoms with van der Waals surface area (Å²) in [7, 11) is 0. The highest BCUT2D eigenvalue weighted by Gasteiger charge is 2.19. The standard InChI is InChI=1S/C56H37NO/c1-3-13-38(14-4-1)42-18-11-19-43(35-42)39-25-30-46(31-26-39)57(54-37-45-17-7-8-20-48(45)50-21-9-10-22-51(50)54)47-32-27-40(28-33-47)44-29-34-55-53(36-44)52-24-12-23-49(56(52)58-55)41-15-5-2-6-16-41/h1-37H. The van der Waals surface area contributed by atoms with Gasteiger partial charge in [-0.15, -0.1) is 0 Å². The van der Waals surface area contributed by atoms with Crippen LogP contribution in [0.5, 0.6) is 0 Å². The maximum absolute atomic E-state index is 6.50. The topological polar surface area (TPSA) is 16.4 Å². The highest BCUT2D eigenvalue weighted by atomic mass is 16.3. The first kappa shape index (κ1) is 33.6. The van der Waals surface area contributed by atoms with Gasteiger partial charge in [-0.25, -0.2) is 0 Å². The minimum atomic E-state index is 0.892. The minimum absolute atomic E-state index is 0.892. The predicted molar refractivity (Wildman–Crippen MR) is 245 cm³/mol. The molecule has 11 rings (SSSR count). The fourth-order valence-electron chi connectivity index (χ4n) is 8.58. The van der Waals surface area contributed by atoms with Gasteiger partial charge in [0, 0.05) is 33.1 Å². The molecule has 272 valence electrons. The molecule has 0 atom stereocenters. The number of anilines is 3. The summed E-state index contributed by atoms with van der Waals surface area (Å²) in [5.41, 5.74) is 14.5. The lowest BCUT2D eigenvalue weighted by Crippen LogP contribution is -2.10. The van der Waals surface area contributed by atoms with Crippen LogP contribution in [-0.2, 0) is 0 Å². The van der Waals surface area contributed by atoms with Crippen LogP contribution in [-0.4, -0.2) is 0 Å². The van der Waals surface area contributed by atoms with Crippen LogP contribution in [0.25, 0.3) is 88.0 Å². The molecule has 0 aliphatic rings. The quantitative estimate of drug-likeness (QED) is 0.151. The highest BCUT2D eigenvalue weighted by Crippen LogP contribution is 2.44. The molecule has 0 saturated heterocycles. The lowest BCUT2D eigenvalue weighted by atomic mass is 9.97. The molecule has 1 aromatic heterocycles. The van der Waals surface area contributed by atoms with Crippen molar-refractivity contribution in [1.29, 1.82) is 0 Å². The van der Waals surface area contributed by atoms with Crippen molar-refractivity contribution >= 4 is 60.5 Å². The van der Waals surface area contributed by atoms with E-state index in [1.165, 1.54) is 43.8 Å². The van der Waals surface area contributed by atoms with Gasteiger partial charge in [0.15, 0.2) is 0 Å². The second kappa shape index (κ2) is 14.1. The molecule has 0 aliphatic carbocycles. The normalized spacial score (nSPS) is 11.4. The van der Waals surface area contributed by atoms with Crippen molar-refractivity contribution < 1.29 is 4.42 Å². The summed E-state index contributed by atoms with van der Waals surface area (Å²) < 4.78 is 6.50. The molecule has 0 N–H and O–H groups in total. The lowest BCUT2D eigenvalue weighted by Gasteiger charge is -2.28. The Balaban J connectivity index is 1.01. The van der Waals surface area contributed by atoms with E-state index < -0.39 is 0 Å². The second-order valence-electron chi connectivity index (χ2n) is 14.9. The van der Waals surface area contributed by atoms with Gasteiger partial charge >= 0.3 is 0 Å². The van der Waals surface area contributed by atoms with Crippen LogP contribution >= 0.6 is 0 Å². The van der Waals surface area contributed by atoms with E-state index in [1.54, 1.807) is 0 Å². The van der Waals surface area contributed by atoms with Gasteiger partial charge in [0.25, 0.3) is 0 Å². The molecule has 2 nitrogen and oxygen atoms in total. The van der Waals surface area contributed by atoms with Crippen LogP contribution in [0.3, 0.4) is 0 Å². The van der Waals surface area contributed by atoms with E-state index in [4.69, 9.17) is 4.42 Å². The zero-order chi connectivity index (χ0) is 38.4. The molecule has 0 unspecified atom stereocenters. The van der Waals surface area contributed by atoms with Gasteiger partial charge in [0.1, 0.15) is 11.2 Å². The van der Waals surface area contributed by atoms with Gasteiger partial charge in [0.2, 0.25) is 0 Å². The van der Waals surface area contributed by atoms with Crippen molar-refractivity contribution in [3.05, 3.63) is 224 Å². The summed E-state index contributed by atoms with van der Waals surface area (Å²) in [5.74, 6) is 0. The zero-order valence-corrected chi connectivity index (χ0v) is 31.7. The molecule has 58 heavy (non-hydrogen) atoms. The Kier molecular flexibility index (Phi) is 8.19. The lowest BCUT2D eigenvalue weighted by molar-refractivity contribution is 0.670. The van der Waals surface area contributed by atoms with Gasteiger partial charge in [-0.05, 0) is 104 Å². The van der Waals surface area contributed by atoms with Gasteiger partial charge in [-0.3, -0.25) is 0 Å². The molecule has 11 aromatic rings. The number of furan rings is 1. The fraction of sp³-hybridized carbons (Fsp3) is 0. The van der Waals surface area contributed by atoms with E-state index in [0.29, 0.717) is 0 Å². The van der Waals surface area contributed by atoms with Gasteiger partial charge in [-0.1, -0.05) is 176 Å². The van der Waals surface area contributed by atoms with Crippen LogP contribution < -0.4 is 4.90 Å². The number of para-hydroxylation sites is 1. The van der Waals surface area contributed by atoms with E-state index >= 15 is 0 Å². The van der Waals surface area contributed by atoms with E-state index in [0.717, 1.165) is 61.3 Å². The number of fused-ring (bicyclic) bond motifs is 6. The van der Waals surface area contributed by atoms with Crippen LogP contribution in [0.2, 0.25) is 0 Å². The van der Waals surface area contributed by atoms with E-state index in [1.807, 2.05) is 6.07 Å². The molecule has 1 heterocycles. The largest absolute Gasteiger partial charge is 0.455 e. The monoisotopic (exact) mass is 739 g/mol. The Morgan fingerprint density at radius 1 is 0.293 bits per heavy atom. The Morgan fingerprint density at radius 3 is 1.48 bits per heavy atom. The average molecular weight is 740 g/mol. The molecule has 0 saturated carbocycles. The van der Waals surface area contributed by atoms with E-state index in [2.05, 4.69) is 223 Å². The van der Waals surface area contributed by atoms with Gasteiger partial charge in [0.05, 0.1) is 5.69 Å². The predicted octanol–water partition coefficient (Wildman–Crippen LogP) is 16.0. The van der Waals surface area contributed by atoms with Crippen LogP contribution in [0.1, 0.15) is 0 Å². The first-order valence-electron chi connectivity index (χ1n) is 19.8. The average Bonchev–Trinajstić information content (AvgIpc) is 3.69. The summed E-state index contributed by atoms with van der Waals surface area (Å²) in [6, 6.07) is 80.6. The third-order valence-electron chi connectivity index (χ3n) is 11.5. The van der Waals surface area contributed by atoms with Crippen molar-refractivity contribution in [2.24, 2.45) is 0 Å². The highest BCUT2D eigenvalue weighted by molar-refractivity contribution is 6.15. The maximum Gasteiger partial charge on any atom is 0.143 e. The number of hydrogen-bond donors (Lipinski definition) is 0. The molecule has 0 spiro atoms. The van der Waals surface area contributed by atoms with Crippen molar-refractivity contribution in [3.8, 4) is 44.5 Å². The van der Waals surface area contributed by atoms with Crippen molar-refractivity contribution in [2.45, 2.75) is 0 Å². The van der Waals surface area contributed by atoms with Crippen LogP contribution in [0.4, 0.5) is 17.1 Å². The molecule has 0 fully saturated rings. The van der Waals surface area contributed by atoms with Gasteiger partial charge in [-0.2, -0.15) is 0 Å². The molecule has 2 heteroatoms. The molecule has 0 aliphatic heterocycles. The first-order chi connectivity index (χ1) is 28.7. The second-order valence-corrected chi connectivity index (χ2v) is 14.9. The number of benzene rings is 10. The number of hydrogen-bond acceptors (Lipinski definition) is 2. The summed E-state index contributed by atoms with van der Waals surface area (Å²) in [6.45, 7) is 0. The van der Waals surface area contributed by atoms with E-state index in [-0.39, 0.29) is 0 Å². The van der Waals surface area contributed by atoms with Crippen molar-refractivity contribution in [2.75, 3.05) is 4.90 Å². The van der Waals surface area contributed by atoms with Crippen LogP contribution in [0.15, 0.2) is 229 Å². The number of rotatable bonds is 7. The Hall–Kier alpha value is -7.68. The SMILES string of the molecule is c1ccc(-c2cccc(-c3ccc(N(c4ccc(-c5ccc6oc7c(-c8ccccc8)cccc7c6c5)cc4)c4cc5ccccc5c5ccccc45)cc3)c2)cc1.